The third-order valence-corrected chi connectivity index (χ3v) is 2.34. The first-order valence-electron chi connectivity index (χ1n) is 4.70. The zero-order chi connectivity index (χ0) is 10.8. The molecular weight excluding hydrogens is 190 g/mol. The Balaban J connectivity index is 2.56. The standard InChI is InChI=1S/C12H11NO2/c1-2-10-9(12(14)15)7-8-5-3-4-6-11(8)13-10/h2-7,13H,1H3,(H,14,15). The van der Waals surface area contributed by atoms with Crippen molar-refractivity contribution >= 4 is 17.7 Å². The van der Waals surface area contributed by atoms with E-state index in [9.17, 15) is 4.79 Å². The van der Waals surface area contributed by atoms with E-state index >= 15 is 0 Å². The maximum Gasteiger partial charge on any atom is 0.337 e. The van der Waals surface area contributed by atoms with E-state index in [4.69, 9.17) is 5.11 Å². The van der Waals surface area contributed by atoms with Crippen LogP contribution in [0, 0.1) is 0 Å². The fourth-order valence-corrected chi connectivity index (χ4v) is 1.59. The van der Waals surface area contributed by atoms with E-state index in [-0.39, 0.29) is 0 Å². The number of fused-ring (bicyclic) bond motifs is 1. The second kappa shape index (κ2) is 3.61. The Kier molecular flexibility index (Phi) is 2.29. The molecule has 1 aliphatic heterocycles. The monoisotopic (exact) mass is 201 g/mol. The smallest absolute Gasteiger partial charge is 0.337 e. The quantitative estimate of drug-likeness (QED) is 0.733. The molecule has 1 aliphatic rings. The Morgan fingerprint density at radius 2 is 2.13 bits per heavy atom. The summed E-state index contributed by atoms with van der Waals surface area (Å²) < 4.78 is 0. The molecule has 76 valence electrons. The highest BCUT2D eigenvalue weighted by atomic mass is 16.4. The maximum atomic E-state index is 11.0. The molecule has 1 aromatic carbocycles. The number of carbonyl (C=O) groups is 1. The van der Waals surface area contributed by atoms with Gasteiger partial charge in [-0.25, -0.2) is 4.79 Å². The van der Waals surface area contributed by atoms with Gasteiger partial charge in [-0.1, -0.05) is 24.3 Å². The fraction of sp³-hybridized carbons (Fsp3) is 0.0833. The number of benzene rings is 1. The van der Waals surface area contributed by atoms with E-state index in [1.807, 2.05) is 31.2 Å². The zero-order valence-electron chi connectivity index (χ0n) is 8.32. The third-order valence-electron chi connectivity index (χ3n) is 2.34. The summed E-state index contributed by atoms with van der Waals surface area (Å²) >= 11 is 0. The van der Waals surface area contributed by atoms with E-state index in [1.54, 1.807) is 12.2 Å². The summed E-state index contributed by atoms with van der Waals surface area (Å²) in [5.74, 6) is -0.912. The first-order valence-corrected chi connectivity index (χ1v) is 4.70. The molecule has 3 heteroatoms. The van der Waals surface area contributed by atoms with Crippen LogP contribution in [-0.2, 0) is 4.79 Å². The van der Waals surface area contributed by atoms with Crippen LogP contribution < -0.4 is 5.32 Å². The summed E-state index contributed by atoms with van der Waals surface area (Å²) in [4.78, 5) is 11.0. The summed E-state index contributed by atoms with van der Waals surface area (Å²) in [6.45, 7) is 1.81. The first-order chi connectivity index (χ1) is 7.22. The molecule has 0 atom stereocenters. The average molecular weight is 201 g/mol. The second-order valence-electron chi connectivity index (χ2n) is 3.28. The van der Waals surface area contributed by atoms with Gasteiger partial charge in [-0.2, -0.15) is 0 Å². The molecule has 0 amide bonds. The number of anilines is 1. The van der Waals surface area contributed by atoms with Crippen LogP contribution in [0.5, 0.6) is 0 Å². The van der Waals surface area contributed by atoms with Gasteiger partial charge in [0, 0.05) is 11.4 Å². The second-order valence-corrected chi connectivity index (χ2v) is 3.28. The van der Waals surface area contributed by atoms with Gasteiger partial charge in [0.2, 0.25) is 0 Å². The summed E-state index contributed by atoms with van der Waals surface area (Å²) in [6.07, 6.45) is 3.44. The molecule has 0 aliphatic carbocycles. The molecule has 2 rings (SSSR count). The predicted molar refractivity (Wildman–Crippen MR) is 59.4 cm³/mol. The lowest BCUT2D eigenvalue weighted by Gasteiger charge is -2.19. The number of nitrogens with one attached hydrogen (secondary N) is 1. The van der Waals surface area contributed by atoms with E-state index < -0.39 is 5.97 Å². The Labute approximate surface area is 87.7 Å². The van der Waals surface area contributed by atoms with Crippen LogP contribution in [0.1, 0.15) is 12.5 Å². The Hall–Kier alpha value is -2.03. The molecule has 1 aromatic rings. The van der Waals surface area contributed by atoms with Gasteiger partial charge in [0.15, 0.2) is 0 Å². The van der Waals surface area contributed by atoms with Gasteiger partial charge in [-0.05, 0) is 24.6 Å². The van der Waals surface area contributed by atoms with Crippen molar-refractivity contribution in [2.75, 3.05) is 5.32 Å². The van der Waals surface area contributed by atoms with Gasteiger partial charge < -0.3 is 10.4 Å². The van der Waals surface area contributed by atoms with E-state index in [1.165, 1.54) is 0 Å². The maximum absolute atomic E-state index is 11.0. The number of carboxylic acids is 1. The van der Waals surface area contributed by atoms with Crippen LogP contribution >= 0.6 is 0 Å². The van der Waals surface area contributed by atoms with Crippen molar-refractivity contribution in [1.29, 1.82) is 0 Å². The highest BCUT2D eigenvalue weighted by molar-refractivity contribution is 6.01. The lowest BCUT2D eigenvalue weighted by Crippen LogP contribution is -2.14. The van der Waals surface area contributed by atoms with Crippen LogP contribution in [0.4, 0.5) is 5.69 Å². The van der Waals surface area contributed by atoms with Crippen molar-refractivity contribution in [2.45, 2.75) is 6.92 Å². The number of allylic oxidation sites excluding steroid dienone is 1. The van der Waals surface area contributed by atoms with Gasteiger partial charge >= 0.3 is 5.97 Å². The SMILES string of the molecule is CC=C1Nc2ccccc2C=C1C(=O)O. The van der Waals surface area contributed by atoms with E-state index in [2.05, 4.69) is 5.32 Å². The normalized spacial score (nSPS) is 16.6. The highest BCUT2D eigenvalue weighted by Crippen LogP contribution is 2.28. The first kappa shape index (κ1) is 9.52. The minimum Gasteiger partial charge on any atom is -0.478 e. The van der Waals surface area contributed by atoms with Crippen molar-refractivity contribution < 1.29 is 9.90 Å². The molecule has 0 aromatic heterocycles. The van der Waals surface area contributed by atoms with Crippen LogP contribution in [-0.4, -0.2) is 11.1 Å². The molecule has 0 saturated heterocycles. The minimum absolute atomic E-state index is 0.302. The molecule has 0 radical (unpaired) electrons. The summed E-state index contributed by atoms with van der Waals surface area (Å²) in [5, 5.41) is 12.1. The summed E-state index contributed by atoms with van der Waals surface area (Å²) in [6, 6.07) is 7.61. The number of carboxylic acid groups (broad SMARTS) is 1. The fourth-order valence-electron chi connectivity index (χ4n) is 1.59. The molecule has 3 nitrogen and oxygen atoms in total. The molecule has 0 fully saturated rings. The molecular formula is C12H11NO2. The van der Waals surface area contributed by atoms with Crippen molar-refractivity contribution in [2.24, 2.45) is 0 Å². The van der Waals surface area contributed by atoms with Crippen molar-refractivity contribution in [1.82, 2.24) is 0 Å². The topological polar surface area (TPSA) is 49.3 Å². The number of aliphatic carboxylic acids is 1. The van der Waals surface area contributed by atoms with Gasteiger partial charge in [-0.15, -0.1) is 0 Å². The van der Waals surface area contributed by atoms with Crippen molar-refractivity contribution in [3.05, 3.63) is 47.2 Å². The number of para-hydroxylation sites is 1. The molecule has 1 heterocycles. The van der Waals surface area contributed by atoms with Crippen molar-refractivity contribution in [3.8, 4) is 0 Å². The lowest BCUT2D eigenvalue weighted by molar-refractivity contribution is -0.132. The van der Waals surface area contributed by atoms with E-state index in [0.29, 0.717) is 11.3 Å². The average Bonchev–Trinajstić information content (AvgIpc) is 2.27. The van der Waals surface area contributed by atoms with Gasteiger partial charge in [0.05, 0.1) is 5.57 Å². The Morgan fingerprint density at radius 1 is 1.40 bits per heavy atom. The Morgan fingerprint density at radius 3 is 2.80 bits per heavy atom. The molecule has 0 bridgehead atoms. The number of hydrogen-bond acceptors (Lipinski definition) is 2. The number of rotatable bonds is 1. The third kappa shape index (κ3) is 1.64. The molecule has 0 saturated carbocycles. The molecule has 0 spiro atoms. The highest BCUT2D eigenvalue weighted by Gasteiger charge is 2.18. The largest absolute Gasteiger partial charge is 0.478 e. The summed E-state index contributed by atoms with van der Waals surface area (Å²) in [7, 11) is 0. The zero-order valence-corrected chi connectivity index (χ0v) is 8.32. The van der Waals surface area contributed by atoms with Gasteiger partial charge in [0.1, 0.15) is 0 Å². The molecule has 2 N–H and O–H groups in total. The van der Waals surface area contributed by atoms with Gasteiger partial charge in [-0.3, -0.25) is 0 Å². The van der Waals surface area contributed by atoms with Crippen LogP contribution in [0.3, 0.4) is 0 Å². The lowest BCUT2D eigenvalue weighted by atomic mass is 10.0. The molecule has 0 unspecified atom stereocenters. The van der Waals surface area contributed by atoms with Gasteiger partial charge in [0.25, 0.3) is 0 Å². The molecule has 15 heavy (non-hydrogen) atoms. The Bertz CT molecular complexity index is 472. The number of hydrogen-bond donors (Lipinski definition) is 2. The van der Waals surface area contributed by atoms with Crippen molar-refractivity contribution in [3.63, 3.8) is 0 Å². The van der Waals surface area contributed by atoms with Crippen LogP contribution in [0.25, 0.3) is 6.08 Å². The summed E-state index contributed by atoms with van der Waals surface area (Å²) in [5.41, 5.74) is 2.79. The van der Waals surface area contributed by atoms with Crippen LogP contribution in [0.15, 0.2) is 41.6 Å². The minimum atomic E-state index is -0.912. The van der Waals surface area contributed by atoms with Crippen LogP contribution in [0.2, 0.25) is 0 Å². The van der Waals surface area contributed by atoms with E-state index in [0.717, 1.165) is 11.3 Å². The predicted octanol–water partition coefficient (Wildman–Crippen LogP) is 2.48.